The third-order valence-corrected chi connectivity index (χ3v) is 5.88. The van der Waals surface area contributed by atoms with Gasteiger partial charge in [-0.1, -0.05) is 60.4 Å². The number of ether oxygens (including phenoxy) is 2. The van der Waals surface area contributed by atoms with Crippen molar-refractivity contribution < 1.29 is 23.5 Å². The van der Waals surface area contributed by atoms with Crippen molar-refractivity contribution >= 4 is 51.9 Å². The fourth-order valence-electron chi connectivity index (χ4n) is 3.10. The fourth-order valence-corrected chi connectivity index (χ4v) is 4.38. The van der Waals surface area contributed by atoms with Gasteiger partial charge in [-0.2, -0.15) is 0 Å². The Morgan fingerprint density at radius 1 is 1.06 bits per heavy atom. The van der Waals surface area contributed by atoms with E-state index in [4.69, 9.17) is 21.7 Å². The zero-order valence-corrected chi connectivity index (χ0v) is 18.4. The smallest absolute Gasteiger partial charge is 0.346 e. The minimum Gasteiger partial charge on any atom is -0.495 e. The first-order valence-corrected chi connectivity index (χ1v) is 10.7. The highest BCUT2D eigenvalue weighted by atomic mass is 32.2. The summed E-state index contributed by atoms with van der Waals surface area (Å²) < 4.78 is 24.9. The van der Waals surface area contributed by atoms with E-state index in [1.54, 1.807) is 54.6 Å². The van der Waals surface area contributed by atoms with Crippen LogP contribution >= 0.6 is 24.0 Å². The van der Waals surface area contributed by atoms with Gasteiger partial charge in [0, 0.05) is 0 Å². The first kappa shape index (κ1) is 21.7. The number of rotatable bonds is 5. The van der Waals surface area contributed by atoms with Crippen molar-refractivity contribution in [3.05, 3.63) is 94.6 Å². The third-order valence-electron chi connectivity index (χ3n) is 4.58. The average Bonchev–Trinajstić information content (AvgIpc) is 3.06. The first-order chi connectivity index (χ1) is 15.5. The predicted molar refractivity (Wildman–Crippen MR) is 126 cm³/mol. The topological polar surface area (TPSA) is 55.8 Å². The lowest BCUT2D eigenvalue weighted by atomic mass is 10.2. The Morgan fingerprint density at radius 3 is 2.59 bits per heavy atom. The van der Waals surface area contributed by atoms with Crippen LogP contribution in [-0.4, -0.2) is 23.3 Å². The molecule has 1 amide bonds. The molecule has 8 heteroatoms. The average molecular weight is 466 g/mol. The molecule has 32 heavy (non-hydrogen) atoms. The lowest BCUT2D eigenvalue weighted by Crippen LogP contribution is -2.27. The molecule has 3 aromatic rings. The molecule has 0 bridgehead atoms. The maximum Gasteiger partial charge on any atom is 0.346 e. The molecule has 4 rings (SSSR count). The van der Waals surface area contributed by atoms with Gasteiger partial charge in [-0.05, 0) is 48.0 Å². The fraction of sp³-hybridized carbons (Fsp3) is 0.0417. The number of thioether (sulfide) groups is 1. The molecule has 0 unspecified atom stereocenters. The normalized spacial score (nSPS) is 14.7. The number of para-hydroxylation sites is 2. The van der Waals surface area contributed by atoms with E-state index in [0.29, 0.717) is 26.2 Å². The number of anilines is 1. The molecule has 0 spiro atoms. The van der Waals surface area contributed by atoms with Gasteiger partial charge in [0.1, 0.15) is 17.3 Å². The van der Waals surface area contributed by atoms with Gasteiger partial charge < -0.3 is 9.47 Å². The number of hydrogen-bond donors (Lipinski definition) is 0. The monoisotopic (exact) mass is 465 g/mol. The van der Waals surface area contributed by atoms with Crippen LogP contribution < -0.4 is 14.4 Å². The van der Waals surface area contributed by atoms with Crippen LogP contribution in [0.2, 0.25) is 0 Å². The van der Waals surface area contributed by atoms with Gasteiger partial charge in [-0.25, -0.2) is 9.18 Å². The summed E-state index contributed by atoms with van der Waals surface area (Å²) in [4.78, 5) is 27.2. The van der Waals surface area contributed by atoms with Crippen LogP contribution in [-0.2, 0) is 4.79 Å². The molecule has 0 atom stereocenters. The minimum absolute atomic E-state index is 0.157. The molecule has 0 aromatic heterocycles. The number of halogens is 1. The molecule has 0 radical (unpaired) electrons. The predicted octanol–water partition coefficient (Wildman–Crippen LogP) is 5.46. The second-order valence-electron chi connectivity index (χ2n) is 6.63. The summed E-state index contributed by atoms with van der Waals surface area (Å²) >= 11 is 6.58. The van der Waals surface area contributed by atoms with Crippen LogP contribution in [0.1, 0.15) is 15.9 Å². The number of esters is 1. The van der Waals surface area contributed by atoms with E-state index >= 15 is 0 Å². The van der Waals surface area contributed by atoms with E-state index in [2.05, 4.69) is 0 Å². The highest BCUT2D eigenvalue weighted by Gasteiger charge is 2.34. The van der Waals surface area contributed by atoms with Crippen molar-refractivity contribution in [2.45, 2.75) is 0 Å². The number of hydrogen-bond acceptors (Lipinski definition) is 6. The largest absolute Gasteiger partial charge is 0.495 e. The van der Waals surface area contributed by atoms with Gasteiger partial charge in [0.15, 0.2) is 4.32 Å². The minimum atomic E-state index is -0.803. The first-order valence-electron chi connectivity index (χ1n) is 9.45. The molecular formula is C24H16FNO4S2. The van der Waals surface area contributed by atoms with Crippen molar-refractivity contribution in [1.82, 2.24) is 0 Å². The van der Waals surface area contributed by atoms with Gasteiger partial charge in [0.25, 0.3) is 5.91 Å². The van der Waals surface area contributed by atoms with Crippen LogP contribution in [0.4, 0.5) is 10.1 Å². The van der Waals surface area contributed by atoms with E-state index in [1.165, 1.54) is 42.0 Å². The molecule has 0 N–H and O–H groups in total. The maximum atomic E-state index is 13.8. The molecule has 0 saturated carbocycles. The molecule has 1 heterocycles. The Hall–Kier alpha value is -3.49. The quantitative estimate of drug-likeness (QED) is 0.216. The van der Waals surface area contributed by atoms with Crippen LogP contribution in [0.5, 0.6) is 11.5 Å². The second kappa shape index (κ2) is 9.33. The standard InChI is InChI=1S/C24H16FNO4S2/c1-29-20-12-5-4-11-19(20)26-22(27)21(32-24(26)31)14-15-7-6-8-16(13-15)30-23(28)17-9-2-3-10-18(17)25/h2-14H,1H3/b21-14-. The van der Waals surface area contributed by atoms with Crippen LogP contribution in [0.15, 0.2) is 77.7 Å². The molecule has 1 aliphatic rings. The molecule has 1 fully saturated rings. The summed E-state index contributed by atoms with van der Waals surface area (Å²) in [5, 5.41) is 0. The number of benzene rings is 3. The highest BCUT2D eigenvalue weighted by molar-refractivity contribution is 8.27. The summed E-state index contributed by atoms with van der Waals surface area (Å²) in [7, 11) is 1.53. The number of thiocarbonyl (C=S) groups is 1. The molecule has 3 aromatic carbocycles. The Morgan fingerprint density at radius 2 is 1.81 bits per heavy atom. The van der Waals surface area contributed by atoms with Crippen molar-refractivity contribution in [2.24, 2.45) is 0 Å². The summed E-state index contributed by atoms with van der Waals surface area (Å²) in [6.45, 7) is 0. The number of amides is 1. The van der Waals surface area contributed by atoms with Crippen LogP contribution in [0, 0.1) is 5.82 Å². The van der Waals surface area contributed by atoms with Gasteiger partial charge in [0.2, 0.25) is 0 Å². The Labute approximate surface area is 193 Å². The van der Waals surface area contributed by atoms with Gasteiger partial charge in [-0.15, -0.1) is 0 Å². The lowest BCUT2D eigenvalue weighted by Gasteiger charge is -2.17. The highest BCUT2D eigenvalue weighted by Crippen LogP contribution is 2.39. The summed E-state index contributed by atoms with van der Waals surface area (Å²) in [5.41, 5.74) is 1.04. The number of methoxy groups -OCH3 is 1. The summed E-state index contributed by atoms with van der Waals surface area (Å²) in [6, 6.07) is 19.3. The van der Waals surface area contributed by atoms with Gasteiger partial charge in [0.05, 0.1) is 23.3 Å². The zero-order valence-electron chi connectivity index (χ0n) is 16.8. The lowest BCUT2D eigenvalue weighted by molar-refractivity contribution is -0.113. The van der Waals surface area contributed by atoms with E-state index in [1.807, 2.05) is 6.07 Å². The molecule has 0 aliphatic carbocycles. The second-order valence-corrected chi connectivity index (χ2v) is 8.31. The van der Waals surface area contributed by atoms with Crippen molar-refractivity contribution in [3.8, 4) is 11.5 Å². The molecule has 1 saturated heterocycles. The number of carbonyl (C=O) groups is 2. The van der Waals surface area contributed by atoms with E-state index < -0.39 is 11.8 Å². The van der Waals surface area contributed by atoms with Crippen molar-refractivity contribution in [3.63, 3.8) is 0 Å². The summed E-state index contributed by atoms with van der Waals surface area (Å²) in [6.07, 6.45) is 1.66. The Bertz CT molecular complexity index is 1260. The SMILES string of the molecule is COc1ccccc1N1C(=O)/C(=C/c2cccc(OC(=O)c3ccccc3F)c2)SC1=S. The van der Waals surface area contributed by atoms with Crippen LogP contribution in [0.25, 0.3) is 6.08 Å². The molecular weight excluding hydrogens is 449 g/mol. The molecule has 1 aliphatic heterocycles. The molecule has 160 valence electrons. The van der Waals surface area contributed by atoms with Crippen molar-refractivity contribution in [2.75, 3.05) is 12.0 Å². The Kier molecular flexibility index (Phi) is 6.34. The number of carbonyl (C=O) groups excluding carboxylic acids is 2. The number of nitrogens with zero attached hydrogens (tertiary/aromatic N) is 1. The summed E-state index contributed by atoms with van der Waals surface area (Å²) in [5.74, 6) is -0.978. The van der Waals surface area contributed by atoms with E-state index in [0.717, 1.165) is 0 Å². The zero-order chi connectivity index (χ0) is 22.7. The third kappa shape index (κ3) is 4.42. The van der Waals surface area contributed by atoms with Gasteiger partial charge in [-0.3, -0.25) is 9.69 Å². The molecule has 5 nitrogen and oxygen atoms in total. The van der Waals surface area contributed by atoms with E-state index in [9.17, 15) is 14.0 Å². The van der Waals surface area contributed by atoms with Crippen LogP contribution in [0.3, 0.4) is 0 Å². The van der Waals surface area contributed by atoms with E-state index in [-0.39, 0.29) is 17.2 Å². The van der Waals surface area contributed by atoms with Gasteiger partial charge >= 0.3 is 5.97 Å². The van der Waals surface area contributed by atoms with Crippen molar-refractivity contribution in [1.29, 1.82) is 0 Å². The Balaban J connectivity index is 1.57. The maximum absolute atomic E-state index is 13.8.